The van der Waals surface area contributed by atoms with E-state index in [0.717, 1.165) is 19.3 Å². The molecule has 0 spiro atoms. The highest BCUT2D eigenvalue weighted by Gasteiger charge is 2.43. The Kier molecular flexibility index (Phi) is 6.16. The van der Waals surface area contributed by atoms with Crippen LogP contribution in [0.1, 0.15) is 70.6 Å². The number of carbonyl (C=O) groups excluding carboxylic acids is 2. The van der Waals surface area contributed by atoms with E-state index in [1.807, 2.05) is 0 Å². The zero-order chi connectivity index (χ0) is 13.4. The second-order valence-corrected chi connectivity index (χ2v) is 5.49. The van der Waals surface area contributed by atoms with Crippen molar-refractivity contribution in [2.45, 2.75) is 70.6 Å². The molecule has 0 unspecified atom stereocenters. The van der Waals surface area contributed by atoms with Crippen molar-refractivity contribution >= 4 is 11.8 Å². The lowest BCUT2D eigenvalue weighted by atomic mass is 9.73. The van der Waals surface area contributed by atoms with E-state index in [0.29, 0.717) is 12.8 Å². The standard InChI is InChI=1S/C8H14N2O2.C6H12/c9-6(11)8(7(10)12)4-2-1-3-5-8;1-2-4-6-5-3-1/h1-5H2,(H2,9,11)(H2,10,12);1-6H2. The van der Waals surface area contributed by atoms with E-state index in [-0.39, 0.29) is 0 Å². The summed E-state index contributed by atoms with van der Waals surface area (Å²) in [5.74, 6) is -1.12. The van der Waals surface area contributed by atoms with Gasteiger partial charge in [0, 0.05) is 0 Å². The van der Waals surface area contributed by atoms with Gasteiger partial charge in [0.25, 0.3) is 0 Å². The van der Waals surface area contributed by atoms with Crippen LogP contribution in [0.5, 0.6) is 0 Å². The van der Waals surface area contributed by atoms with Crippen LogP contribution in [0.3, 0.4) is 0 Å². The van der Waals surface area contributed by atoms with Gasteiger partial charge in [-0.25, -0.2) is 0 Å². The molecule has 2 rings (SSSR count). The smallest absolute Gasteiger partial charge is 0.233 e. The summed E-state index contributed by atoms with van der Waals surface area (Å²) in [6.45, 7) is 0. The van der Waals surface area contributed by atoms with Gasteiger partial charge in [-0.3, -0.25) is 9.59 Å². The van der Waals surface area contributed by atoms with E-state index >= 15 is 0 Å². The molecule has 0 saturated heterocycles. The molecule has 104 valence electrons. The fourth-order valence-corrected chi connectivity index (χ4v) is 2.83. The molecule has 0 aromatic rings. The quantitative estimate of drug-likeness (QED) is 0.740. The summed E-state index contributed by atoms with van der Waals surface area (Å²) >= 11 is 0. The number of amides is 2. The number of carbonyl (C=O) groups is 2. The van der Waals surface area contributed by atoms with E-state index in [4.69, 9.17) is 11.5 Å². The average Bonchev–Trinajstić information content (AvgIpc) is 2.42. The van der Waals surface area contributed by atoms with E-state index in [1.165, 1.54) is 38.5 Å². The second kappa shape index (κ2) is 7.39. The molecule has 4 heteroatoms. The molecule has 0 atom stereocenters. The maximum absolute atomic E-state index is 11.0. The average molecular weight is 254 g/mol. The Morgan fingerprint density at radius 2 is 0.889 bits per heavy atom. The molecule has 0 bridgehead atoms. The molecular weight excluding hydrogens is 228 g/mol. The van der Waals surface area contributed by atoms with E-state index < -0.39 is 17.2 Å². The lowest BCUT2D eigenvalue weighted by molar-refractivity contribution is -0.141. The number of rotatable bonds is 2. The van der Waals surface area contributed by atoms with Crippen LogP contribution >= 0.6 is 0 Å². The topological polar surface area (TPSA) is 86.2 Å². The third-order valence-electron chi connectivity index (χ3n) is 4.15. The first kappa shape index (κ1) is 15.0. The predicted molar refractivity (Wildman–Crippen MR) is 71.6 cm³/mol. The monoisotopic (exact) mass is 254 g/mol. The highest BCUT2D eigenvalue weighted by Crippen LogP contribution is 2.35. The molecular formula is C14H26N2O2. The fraction of sp³-hybridized carbons (Fsp3) is 0.857. The molecule has 4 nitrogen and oxygen atoms in total. The molecule has 18 heavy (non-hydrogen) atoms. The van der Waals surface area contributed by atoms with Crippen molar-refractivity contribution in [2.75, 3.05) is 0 Å². The lowest BCUT2D eigenvalue weighted by Gasteiger charge is -2.30. The first-order valence-electron chi connectivity index (χ1n) is 7.19. The Morgan fingerprint density at radius 1 is 0.611 bits per heavy atom. The van der Waals surface area contributed by atoms with Gasteiger partial charge < -0.3 is 11.5 Å². The molecule has 0 aliphatic heterocycles. The number of primary amides is 2. The summed E-state index contributed by atoms with van der Waals surface area (Å²) in [6.07, 6.45) is 12.8. The van der Waals surface area contributed by atoms with Crippen LogP contribution in [-0.4, -0.2) is 11.8 Å². The Labute approximate surface area is 109 Å². The van der Waals surface area contributed by atoms with Gasteiger partial charge in [-0.05, 0) is 12.8 Å². The summed E-state index contributed by atoms with van der Waals surface area (Å²) in [5.41, 5.74) is 9.28. The highest BCUT2D eigenvalue weighted by molar-refractivity contribution is 6.03. The van der Waals surface area contributed by atoms with Crippen molar-refractivity contribution in [1.29, 1.82) is 0 Å². The molecule has 2 aliphatic rings. The summed E-state index contributed by atoms with van der Waals surface area (Å²) in [5, 5.41) is 0. The van der Waals surface area contributed by atoms with Crippen LogP contribution in [-0.2, 0) is 9.59 Å². The van der Waals surface area contributed by atoms with Crippen LogP contribution in [0.4, 0.5) is 0 Å². The SMILES string of the molecule is C1CCCCC1.NC(=O)C1(C(N)=O)CCCCC1. The zero-order valence-electron chi connectivity index (χ0n) is 11.2. The third-order valence-corrected chi connectivity index (χ3v) is 4.15. The molecule has 4 N–H and O–H groups in total. The normalized spacial score (nSPS) is 22.4. The maximum atomic E-state index is 11.0. The molecule has 0 aromatic carbocycles. The third kappa shape index (κ3) is 4.00. The second-order valence-electron chi connectivity index (χ2n) is 5.49. The van der Waals surface area contributed by atoms with E-state index in [9.17, 15) is 9.59 Å². The summed E-state index contributed by atoms with van der Waals surface area (Å²) in [4.78, 5) is 22.1. The van der Waals surface area contributed by atoms with Crippen molar-refractivity contribution < 1.29 is 9.59 Å². The van der Waals surface area contributed by atoms with E-state index in [1.54, 1.807) is 0 Å². The van der Waals surface area contributed by atoms with Gasteiger partial charge in [0.2, 0.25) is 11.8 Å². The summed E-state index contributed by atoms with van der Waals surface area (Å²) in [7, 11) is 0. The van der Waals surface area contributed by atoms with Crippen LogP contribution in [0.25, 0.3) is 0 Å². The van der Waals surface area contributed by atoms with Crippen molar-refractivity contribution in [1.82, 2.24) is 0 Å². The van der Waals surface area contributed by atoms with Crippen molar-refractivity contribution in [3.05, 3.63) is 0 Å². The molecule has 2 saturated carbocycles. The van der Waals surface area contributed by atoms with Gasteiger partial charge in [-0.1, -0.05) is 57.8 Å². The number of hydrogen-bond acceptors (Lipinski definition) is 2. The van der Waals surface area contributed by atoms with E-state index in [2.05, 4.69) is 0 Å². The zero-order valence-corrected chi connectivity index (χ0v) is 11.2. The molecule has 2 aliphatic carbocycles. The van der Waals surface area contributed by atoms with Crippen LogP contribution in [0.2, 0.25) is 0 Å². The Balaban J connectivity index is 0.000000225. The Morgan fingerprint density at radius 3 is 1.11 bits per heavy atom. The van der Waals surface area contributed by atoms with Crippen LogP contribution in [0.15, 0.2) is 0 Å². The predicted octanol–water partition coefficient (Wildman–Crippen LogP) is 2.25. The minimum Gasteiger partial charge on any atom is -0.369 e. The first-order chi connectivity index (χ1) is 8.59. The van der Waals surface area contributed by atoms with Gasteiger partial charge in [-0.15, -0.1) is 0 Å². The Bertz CT molecular complexity index is 252. The minimum absolute atomic E-state index is 0.525. The number of hydrogen-bond donors (Lipinski definition) is 2. The maximum Gasteiger partial charge on any atom is 0.233 e. The number of nitrogens with two attached hydrogens (primary N) is 2. The summed E-state index contributed by atoms with van der Waals surface area (Å²) in [6, 6.07) is 0. The molecule has 2 amide bonds. The Hall–Kier alpha value is -1.06. The van der Waals surface area contributed by atoms with Crippen molar-refractivity contribution in [3.8, 4) is 0 Å². The molecule has 0 radical (unpaired) electrons. The van der Waals surface area contributed by atoms with Gasteiger partial charge in [0.05, 0.1) is 0 Å². The largest absolute Gasteiger partial charge is 0.369 e. The molecule has 0 aromatic heterocycles. The minimum atomic E-state index is -1.04. The van der Waals surface area contributed by atoms with Crippen molar-refractivity contribution in [2.24, 2.45) is 16.9 Å². The van der Waals surface area contributed by atoms with Crippen molar-refractivity contribution in [3.63, 3.8) is 0 Å². The van der Waals surface area contributed by atoms with Crippen LogP contribution in [0, 0.1) is 5.41 Å². The van der Waals surface area contributed by atoms with Crippen LogP contribution < -0.4 is 11.5 Å². The first-order valence-corrected chi connectivity index (χ1v) is 7.19. The van der Waals surface area contributed by atoms with Gasteiger partial charge in [0.15, 0.2) is 0 Å². The molecule has 0 heterocycles. The lowest BCUT2D eigenvalue weighted by Crippen LogP contribution is -2.48. The highest BCUT2D eigenvalue weighted by atomic mass is 16.2. The van der Waals surface area contributed by atoms with Gasteiger partial charge >= 0.3 is 0 Å². The summed E-state index contributed by atoms with van der Waals surface area (Å²) < 4.78 is 0. The fourth-order valence-electron chi connectivity index (χ4n) is 2.83. The van der Waals surface area contributed by atoms with Gasteiger partial charge in [-0.2, -0.15) is 0 Å². The molecule has 2 fully saturated rings. The van der Waals surface area contributed by atoms with Gasteiger partial charge in [0.1, 0.15) is 5.41 Å².